The van der Waals surface area contributed by atoms with Crippen molar-refractivity contribution >= 4 is 5.97 Å². The molecule has 0 spiro atoms. The standard InChI is InChI=1S/C24H23N5O4/c1-24(2,23(30)31)14-33-21-13-26-19(11-27-21)16-6-9-18(25-10-16)22-28-12-20(29-22)15-4-7-17(32-3)8-5-15/h4-13H,14H2,1-3H3,(H,28,29)(H,30,31). The van der Waals surface area contributed by atoms with Crippen molar-refractivity contribution in [1.29, 1.82) is 0 Å². The molecular formula is C24H23N5O4. The number of ether oxygens (including phenoxy) is 2. The van der Waals surface area contributed by atoms with E-state index in [-0.39, 0.29) is 12.5 Å². The Bertz CT molecular complexity index is 1230. The van der Waals surface area contributed by atoms with Crippen molar-refractivity contribution < 1.29 is 19.4 Å². The number of nitrogens with one attached hydrogen (secondary N) is 1. The minimum absolute atomic E-state index is 0.00568. The number of rotatable bonds is 8. The Morgan fingerprint density at radius 1 is 0.909 bits per heavy atom. The van der Waals surface area contributed by atoms with Crippen LogP contribution in [0.3, 0.4) is 0 Å². The van der Waals surface area contributed by atoms with Crippen molar-refractivity contribution in [2.24, 2.45) is 5.41 Å². The zero-order valence-electron chi connectivity index (χ0n) is 18.4. The Labute approximate surface area is 190 Å². The number of nitrogens with zero attached hydrogens (tertiary/aromatic N) is 4. The summed E-state index contributed by atoms with van der Waals surface area (Å²) in [6, 6.07) is 11.5. The molecule has 0 aliphatic rings. The van der Waals surface area contributed by atoms with Crippen LogP contribution in [0, 0.1) is 5.41 Å². The van der Waals surface area contributed by atoms with Gasteiger partial charge in [0.25, 0.3) is 0 Å². The molecule has 9 heteroatoms. The molecular weight excluding hydrogens is 422 g/mol. The number of aliphatic carboxylic acids is 1. The first-order valence-corrected chi connectivity index (χ1v) is 10.2. The van der Waals surface area contributed by atoms with E-state index in [1.807, 2.05) is 36.4 Å². The van der Waals surface area contributed by atoms with E-state index in [1.54, 1.807) is 39.5 Å². The predicted molar refractivity (Wildman–Crippen MR) is 122 cm³/mol. The molecule has 0 unspecified atom stereocenters. The maximum atomic E-state index is 11.2. The van der Waals surface area contributed by atoms with Crippen molar-refractivity contribution in [1.82, 2.24) is 24.9 Å². The summed E-state index contributed by atoms with van der Waals surface area (Å²) in [7, 11) is 1.63. The lowest BCUT2D eigenvalue weighted by Gasteiger charge is -2.18. The first-order chi connectivity index (χ1) is 15.9. The van der Waals surface area contributed by atoms with Gasteiger partial charge >= 0.3 is 5.97 Å². The van der Waals surface area contributed by atoms with E-state index in [1.165, 1.54) is 6.20 Å². The molecule has 0 saturated heterocycles. The van der Waals surface area contributed by atoms with Crippen LogP contribution in [0.15, 0.2) is 61.2 Å². The fourth-order valence-electron chi connectivity index (χ4n) is 2.91. The Morgan fingerprint density at radius 3 is 2.24 bits per heavy atom. The van der Waals surface area contributed by atoms with Crippen LogP contribution < -0.4 is 9.47 Å². The first-order valence-electron chi connectivity index (χ1n) is 10.2. The van der Waals surface area contributed by atoms with Crippen molar-refractivity contribution in [2.75, 3.05) is 13.7 Å². The van der Waals surface area contributed by atoms with E-state index in [4.69, 9.17) is 14.6 Å². The van der Waals surface area contributed by atoms with E-state index in [9.17, 15) is 4.79 Å². The molecule has 0 saturated carbocycles. The third-order valence-corrected chi connectivity index (χ3v) is 5.07. The smallest absolute Gasteiger partial charge is 0.312 e. The number of carbonyl (C=O) groups is 1. The molecule has 4 rings (SSSR count). The van der Waals surface area contributed by atoms with Crippen LogP contribution in [0.25, 0.3) is 34.0 Å². The normalized spacial score (nSPS) is 11.2. The predicted octanol–water partition coefficient (Wildman–Crippen LogP) is 4.09. The second kappa shape index (κ2) is 9.07. The Hall–Kier alpha value is -4.27. The highest BCUT2D eigenvalue weighted by Gasteiger charge is 2.28. The van der Waals surface area contributed by atoms with E-state index < -0.39 is 11.4 Å². The summed E-state index contributed by atoms with van der Waals surface area (Å²) in [4.78, 5) is 31.9. The molecule has 1 aromatic carbocycles. The monoisotopic (exact) mass is 445 g/mol. The topological polar surface area (TPSA) is 123 Å². The van der Waals surface area contributed by atoms with Gasteiger partial charge in [-0.05, 0) is 55.8 Å². The average Bonchev–Trinajstić information content (AvgIpc) is 3.34. The van der Waals surface area contributed by atoms with Gasteiger partial charge in [0.15, 0.2) is 5.82 Å². The summed E-state index contributed by atoms with van der Waals surface area (Å²) in [5, 5.41) is 9.16. The number of imidazole rings is 1. The van der Waals surface area contributed by atoms with Gasteiger partial charge in [-0.3, -0.25) is 9.78 Å². The molecule has 0 atom stereocenters. The van der Waals surface area contributed by atoms with Gasteiger partial charge in [-0.2, -0.15) is 0 Å². The van der Waals surface area contributed by atoms with Crippen LogP contribution in [0.4, 0.5) is 0 Å². The summed E-state index contributed by atoms with van der Waals surface area (Å²) >= 11 is 0. The Balaban J connectivity index is 1.44. The van der Waals surface area contributed by atoms with Gasteiger partial charge in [0, 0.05) is 11.8 Å². The maximum absolute atomic E-state index is 11.2. The van der Waals surface area contributed by atoms with E-state index in [0.29, 0.717) is 17.2 Å². The van der Waals surface area contributed by atoms with Crippen LogP contribution in [0.1, 0.15) is 13.8 Å². The molecule has 3 heterocycles. The molecule has 0 fully saturated rings. The Kier molecular flexibility index (Phi) is 6.03. The Morgan fingerprint density at radius 2 is 1.64 bits per heavy atom. The lowest BCUT2D eigenvalue weighted by atomic mass is 9.95. The maximum Gasteiger partial charge on any atom is 0.312 e. The lowest BCUT2D eigenvalue weighted by Crippen LogP contribution is -2.30. The highest BCUT2D eigenvalue weighted by molar-refractivity contribution is 5.73. The number of aromatic nitrogens is 5. The van der Waals surface area contributed by atoms with Gasteiger partial charge in [0.05, 0.1) is 42.5 Å². The number of benzene rings is 1. The number of aromatic amines is 1. The number of H-pyrrole nitrogens is 1. The summed E-state index contributed by atoms with van der Waals surface area (Å²) in [5.74, 6) is 0.774. The van der Waals surface area contributed by atoms with E-state index in [2.05, 4.69) is 24.9 Å². The molecule has 0 aliphatic carbocycles. The number of hydrogen-bond donors (Lipinski definition) is 2. The number of methoxy groups -OCH3 is 1. The van der Waals surface area contributed by atoms with Crippen LogP contribution in [-0.4, -0.2) is 49.7 Å². The van der Waals surface area contributed by atoms with Crippen LogP contribution >= 0.6 is 0 Å². The molecule has 33 heavy (non-hydrogen) atoms. The number of carboxylic acids is 1. The molecule has 0 amide bonds. The summed E-state index contributed by atoms with van der Waals surface area (Å²) < 4.78 is 10.7. The van der Waals surface area contributed by atoms with Crippen LogP contribution in [0.2, 0.25) is 0 Å². The van der Waals surface area contributed by atoms with Gasteiger partial charge in [0.1, 0.15) is 18.1 Å². The SMILES string of the molecule is COc1ccc(-c2cnc(-c3ccc(-c4cnc(OCC(C)(C)C(=O)O)cn4)cn3)[nH]2)cc1. The fourth-order valence-corrected chi connectivity index (χ4v) is 2.91. The van der Waals surface area contributed by atoms with Crippen LogP contribution in [0.5, 0.6) is 11.6 Å². The van der Waals surface area contributed by atoms with E-state index in [0.717, 1.165) is 22.6 Å². The summed E-state index contributed by atoms with van der Waals surface area (Å²) in [5.41, 5.74) is 2.96. The number of carboxylic acid groups (broad SMARTS) is 1. The molecule has 0 bridgehead atoms. The summed E-state index contributed by atoms with van der Waals surface area (Å²) in [6.45, 7) is 3.17. The zero-order chi connectivity index (χ0) is 23.4. The lowest BCUT2D eigenvalue weighted by molar-refractivity contribution is -0.148. The molecule has 2 N–H and O–H groups in total. The molecule has 3 aromatic heterocycles. The minimum Gasteiger partial charge on any atom is -0.497 e. The second-order valence-corrected chi connectivity index (χ2v) is 8.02. The largest absolute Gasteiger partial charge is 0.497 e. The van der Waals surface area contributed by atoms with Gasteiger partial charge in [-0.1, -0.05) is 0 Å². The van der Waals surface area contributed by atoms with Gasteiger partial charge < -0.3 is 19.6 Å². The van der Waals surface area contributed by atoms with Gasteiger partial charge in [-0.25, -0.2) is 15.0 Å². The molecule has 4 aromatic rings. The highest BCUT2D eigenvalue weighted by Crippen LogP contribution is 2.25. The minimum atomic E-state index is -1.01. The third-order valence-electron chi connectivity index (χ3n) is 5.07. The van der Waals surface area contributed by atoms with Crippen molar-refractivity contribution in [3.05, 3.63) is 61.2 Å². The highest BCUT2D eigenvalue weighted by atomic mass is 16.5. The van der Waals surface area contributed by atoms with Crippen molar-refractivity contribution in [2.45, 2.75) is 13.8 Å². The number of pyridine rings is 1. The molecule has 0 aliphatic heterocycles. The van der Waals surface area contributed by atoms with Crippen molar-refractivity contribution in [3.63, 3.8) is 0 Å². The molecule has 9 nitrogen and oxygen atoms in total. The molecule has 168 valence electrons. The molecule has 0 radical (unpaired) electrons. The fraction of sp³-hybridized carbons (Fsp3) is 0.208. The third kappa shape index (κ3) is 4.98. The first kappa shape index (κ1) is 21.9. The van der Waals surface area contributed by atoms with Crippen molar-refractivity contribution in [3.8, 4) is 45.7 Å². The zero-order valence-corrected chi connectivity index (χ0v) is 18.4. The summed E-state index contributed by atoms with van der Waals surface area (Å²) in [6.07, 6.45) is 6.49. The van der Waals surface area contributed by atoms with Gasteiger partial charge in [0.2, 0.25) is 5.88 Å². The van der Waals surface area contributed by atoms with Crippen LogP contribution in [-0.2, 0) is 4.79 Å². The number of hydrogen-bond acceptors (Lipinski definition) is 7. The second-order valence-electron chi connectivity index (χ2n) is 8.02. The van der Waals surface area contributed by atoms with Gasteiger partial charge in [-0.15, -0.1) is 0 Å². The van der Waals surface area contributed by atoms with E-state index >= 15 is 0 Å². The quantitative estimate of drug-likeness (QED) is 0.416. The average molecular weight is 445 g/mol.